The molecule has 1 rings (SSSR count). The molecule has 3 N–H and O–H groups in total. The van der Waals surface area contributed by atoms with E-state index in [1.165, 1.54) is 0 Å². The van der Waals surface area contributed by atoms with Crippen molar-refractivity contribution in [1.29, 1.82) is 0 Å². The fraction of sp³-hybridized carbons (Fsp3) is 0.833. The highest BCUT2D eigenvalue weighted by Gasteiger charge is 2.30. The lowest BCUT2D eigenvalue weighted by Gasteiger charge is -2.23. The van der Waals surface area contributed by atoms with Crippen LogP contribution in [0.3, 0.4) is 0 Å². The number of hydrogen-bond acceptors (Lipinski definition) is 3. The SMILES string of the molecule is CNC(=O)C(C)CN(C)C(=O)C1CCC(N)C1. The number of carbonyl (C=O) groups is 2. The largest absolute Gasteiger partial charge is 0.359 e. The molecule has 1 aliphatic rings. The van der Waals surface area contributed by atoms with Gasteiger partial charge in [0.1, 0.15) is 0 Å². The highest BCUT2D eigenvalue weighted by atomic mass is 16.2. The van der Waals surface area contributed by atoms with E-state index in [9.17, 15) is 9.59 Å². The van der Waals surface area contributed by atoms with Gasteiger partial charge in [-0.1, -0.05) is 6.92 Å². The Morgan fingerprint density at radius 1 is 1.47 bits per heavy atom. The molecule has 3 atom stereocenters. The van der Waals surface area contributed by atoms with E-state index in [4.69, 9.17) is 5.73 Å². The minimum atomic E-state index is -0.177. The molecule has 98 valence electrons. The first-order chi connectivity index (χ1) is 7.95. The number of nitrogens with two attached hydrogens (primary N) is 1. The van der Waals surface area contributed by atoms with E-state index < -0.39 is 0 Å². The minimum Gasteiger partial charge on any atom is -0.359 e. The average Bonchev–Trinajstić information content (AvgIpc) is 2.73. The Morgan fingerprint density at radius 2 is 2.12 bits per heavy atom. The second-order valence-electron chi connectivity index (χ2n) is 5.00. The molecule has 0 heterocycles. The van der Waals surface area contributed by atoms with Crippen LogP contribution < -0.4 is 11.1 Å². The van der Waals surface area contributed by atoms with Gasteiger partial charge < -0.3 is 16.0 Å². The van der Waals surface area contributed by atoms with E-state index >= 15 is 0 Å². The maximum Gasteiger partial charge on any atom is 0.225 e. The maximum atomic E-state index is 12.1. The zero-order valence-electron chi connectivity index (χ0n) is 10.9. The summed E-state index contributed by atoms with van der Waals surface area (Å²) in [6.45, 7) is 2.28. The van der Waals surface area contributed by atoms with Gasteiger partial charge in [0.25, 0.3) is 0 Å². The summed E-state index contributed by atoms with van der Waals surface area (Å²) < 4.78 is 0. The molecule has 0 aromatic rings. The number of carbonyl (C=O) groups excluding carboxylic acids is 2. The molecule has 17 heavy (non-hydrogen) atoms. The summed E-state index contributed by atoms with van der Waals surface area (Å²) in [6.07, 6.45) is 2.57. The molecule has 0 saturated heterocycles. The van der Waals surface area contributed by atoms with Crippen LogP contribution in [0.1, 0.15) is 26.2 Å². The lowest BCUT2D eigenvalue weighted by atomic mass is 10.1. The van der Waals surface area contributed by atoms with Crippen LogP contribution in [0.5, 0.6) is 0 Å². The summed E-state index contributed by atoms with van der Waals surface area (Å²) in [5.74, 6) is -0.0441. The van der Waals surface area contributed by atoms with Crippen LogP contribution in [0.4, 0.5) is 0 Å². The van der Waals surface area contributed by atoms with Crippen molar-refractivity contribution in [2.24, 2.45) is 17.6 Å². The first-order valence-corrected chi connectivity index (χ1v) is 6.17. The first kappa shape index (κ1) is 14.0. The van der Waals surface area contributed by atoms with Crippen LogP contribution in [0.2, 0.25) is 0 Å². The number of nitrogens with zero attached hydrogens (tertiary/aromatic N) is 1. The summed E-state index contributed by atoms with van der Waals surface area (Å²) in [6, 6.07) is 0.161. The van der Waals surface area contributed by atoms with Gasteiger partial charge in [0.15, 0.2) is 0 Å². The predicted octanol–water partition coefficient (Wildman–Crippen LogP) is -0.0457. The lowest BCUT2D eigenvalue weighted by Crippen LogP contribution is -2.39. The molecule has 0 bridgehead atoms. The fourth-order valence-corrected chi connectivity index (χ4v) is 2.38. The third kappa shape index (κ3) is 3.70. The Hall–Kier alpha value is -1.10. The van der Waals surface area contributed by atoms with E-state index in [0.717, 1.165) is 19.3 Å². The van der Waals surface area contributed by atoms with Crippen LogP contribution in [0.25, 0.3) is 0 Å². The number of nitrogens with one attached hydrogen (secondary N) is 1. The van der Waals surface area contributed by atoms with Crippen molar-refractivity contribution >= 4 is 11.8 Å². The lowest BCUT2D eigenvalue weighted by molar-refractivity contribution is -0.135. The number of hydrogen-bond donors (Lipinski definition) is 2. The van der Waals surface area contributed by atoms with Gasteiger partial charge in [0.2, 0.25) is 11.8 Å². The summed E-state index contributed by atoms with van der Waals surface area (Å²) in [5.41, 5.74) is 5.80. The number of rotatable bonds is 4. The molecular formula is C12H23N3O2. The smallest absolute Gasteiger partial charge is 0.225 e. The van der Waals surface area contributed by atoms with E-state index in [1.807, 2.05) is 6.92 Å². The monoisotopic (exact) mass is 241 g/mol. The van der Waals surface area contributed by atoms with Crippen LogP contribution in [-0.4, -0.2) is 43.4 Å². The van der Waals surface area contributed by atoms with Gasteiger partial charge in [-0.25, -0.2) is 0 Å². The maximum absolute atomic E-state index is 12.1. The summed E-state index contributed by atoms with van der Waals surface area (Å²) in [7, 11) is 3.36. The minimum absolute atomic E-state index is 0.0345. The second-order valence-corrected chi connectivity index (χ2v) is 5.00. The standard InChI is InChI=1S/C12H23N3O2/c1-8(11(16)14-2)7-15(3)12(17)9-4-5-10(13)6-9/h8-10H,4-7,13H2,1-3H3,(H,14,16). The van der Waals surface area contributed by atoms with Crippen molar-refractivity contribution in [3.8, 4) is 0 Å². The Bertz CT molecular complexity index is 293. The van der Waals surface area contributed by atoms with Crippen molar-refractivity contribution in [2.75, 3.05) is 20.6 Å². The van der Waals surface area contributed by atoms with Gasteiger partial charge in [0, 0.05) is 32.6 Å². The Balaban J connectivity index is 2.44. The third-order valence-electron chi connectivity index (χ3n) is 3.44. The molecule has 5 heteroatoms. The molecule has 0 spiro atoms. The van der Waals surface area contributed by atoms with E-state index in [0.29, 0.717) is 6.54 Å². The highest BCUT2D eigenvalue weighted by molar-refractivity contribution is 5.81. The third-order valence-corrected chi connectivity index (χ3v) is 3.44. The van der Waals surface area contributed by atoms with Gasteiger partial charge in [-0.15, -0.1) is 0 Å². The predicted molar refractivity (Wildman–Crippen MR) is 66.2 cm³/mol. The van der Waals surface area contributed by atoms with Crippen molar-refractivity contribution in [1.82, 2.24) is 10.2 Å². The van der Waals surface area contributed by atoms with Crippen molar-refractivity contribution in [3.05, 3.63) is 0 Å². The van der Waals surface area contributed by atoms with Crippen molar-refractivity contribution < 1.29 is 9.59 Å². The number of amides is 2. The normalized spacial score (nSPS) is 25.4. The van der Waals surface area contributed by atoms with Crippen LogP contribution in [-0.2, 0) is 9.59 Å². The Kier molecular flexibility index (Phi) is 4.93. The molecule has 1 fully saturated rings. The summed E-state index contributed by atoms with van der Waals surface area (Å²) in [5, 5.41) is 2.59. The zero-order valence-corrected chi connectivity index (χ0v) is 10.9. The molecule has 3 unspecified atom stereocenters. The molecule has 0 radical (unpaired) electrons. The van der Waals surface area contributed by atoms with Gasteiger partial charge in [0.05, 0.1) is 5.92 Å². The topological polar surface area (TPSA) is 75.4 Å². The highest BCUT2D eigenvalue weighted by Crippen LogP contribution is 2.25. The van der Waals surface area contributed by atoms with Gasteiger partial charge >= 0.3 is 0 Å². The Labute approximate surface area is 103 Å². The van der Waals surface area contributed by atoms with E-state index in [1.54, 1.807) is 19.0 Å². The van der Waals surface area contributed by atoms with Gasteiger partial charge in [-0.3, -0.25) is 9.59 Å². The summed E-state index contributed by atoms with van der Waals surface area (Å²) >= 11 is 0. The molecule has 0 aromatic carbocycles. The van der Waals surface area contributed by atoms with E-state index in [2.05, 4.69) is 5.32 Å². The second kappa shape index (κ2) is 6.00. The molecular weight excluding hydrogens is 218 g/mol. The summed E-state index contributed by atoms with van der Waals surface area (Å²) in [4.78, 5) is 25.1. The first-order valence-electron chi connectivity index (χ1n) is 6.17. The molecule has 1 saturated carbocycles. The van der Waals surface area contributed by atoms with Crippen molar-refractivity contribution in [3.63, 3.8) is 0 Å². The van der Waals surface area contributed by atoms with Crippen molar-refractivity contribution in [2.45, 2.75) is 32.2 Å². The van der Waals surface area contributed by atoms with Crippen LogP contribution in [0.15, 0.2) is 0 Å². The zero-order chi connectivity index (χ0) is 13.0. The van der Waals surface area contributed by atoms with Gasteiger partial charge in [-0.05, 0) is 19.3 Å². The molecule has 0 aliphatic heterocycles. The Morgan fingerprint density at radius 3 is 2.59 bits per heavy atom. The fourth-order valence-electron chi connectivity index (χ4n) is 2.38. The quantitative estimate of drug-likeness (QED) is 0.725. The molecule has 5 nitrogen and oxygen atoms in total. The van der Waals surface area contributed by atoms with Gasteiger partial charge in [-0.2, -0.15) is 0 Å². The molecule has 2 amide bonds. The van der Waals surface area contributed by atoms with E-state index in [-0.39, 0.29) is 29.7 Å². The molecule has 1 aliphatic carbocycles. The average molecular weight is 241 g/mol. The van der Waals surface area contributed by atoms with Crippen LogP contribution in [0, 0.1) is 11.8 Å². The van der Waals surface area contributed by atoms with Crippen LogP contribution >= 0.6 is 0 Å². The molecule has 0 aromatic heterocycles.